The van der Waals surface area contributed by atoms with Gasteiger partial charge in [0.05, 0.1) is 110 Å². The summed E-state index contributed by atoms with van der Waals surface area (Å²) >= 11 is 0. The number of carbonyl (C=O) groups is 4. The van der Waals surface area contributed by atoms with E-state index in [2.05, 4.69) is 30.3 Å². The highest BCUT2D eigenvalue weighted by molar-refractivity contribution is 6.69. The quantitative estimate of drug-likeness (QED) is 0.0771. The molecule has 2 N–H and O–H groups in total. The summed E-state index contributed by atoms with van der Waals surface area (Å²) in [7, 11) is -1.47. The molecule has 0 bridgehead atoms. The number of imide groups is 2. The molecule has 3 rings (SSSR count). The highest BCUT2D eigenvalue weighted by Crippen LogP contribution is 2.32. The molecule has 270 valence electrons. The van der Waals surface area contributed by atoms with E-state index in [4.69, 9.17) is 37.6 Å². The van der Waals surface area contributed by atoms with E-state index in [-0.39, 0.29) is 24.0 Å². The van der Waals surface area contributed by atoms with Gasteiger partial charge in [0.2, 0.25) is 11.8 Å². The van der Waals surface area contributed by atoms with Crippen LogP contribution in [-0.2, 0) is 47.2 Å². The Labute approximate surface area is 283 Å². The molecule has 1 aromatic rings. The van der Waals surface area contributed by atoms with Crippen molar-refractivity contribution >= 4 is 37.6 Å². The molecule has 1 fully saturated rings. The molecule has 0 radical (unpaired) electrons. The Bertz CT molecular complexity index is 1170. The first kappa shape index (κ1) is 39.6. The van der Waals surface area contributed by atoms with Gasteiger partial charge >= 0.3 is 0 Å². The maximum Gasteiger partial charge on any atom is 0.264 e. The zero-order chi connectivity index (χ0) is 34.6. The Morgan fingerprint density at radius 3 is 1.65 bits per heavy atom. The summed E-state index contributed by atoms with van der Waals surface area (Å²) in [5.74, 6) is -2.15. The molecule has 1 saturated heterocycles. The van der Waals surface area contributed by atoms with E-state index in [1.807, 2.05) is 0 Å². The van der Waals surface area contributed by atoms with Gasteiger partial charge < -0.3 is 42.9 Å². The minimum absolute atomic E-state index is 0.0697. The van der Waals surface area contributed by atoms with Gasteiger partial charge in [0.15, 0.2) is 8.32 Å². The fourth-order valence-corrected chi connectivity index (χ4v) is 5.44. The molecule has 1 unspecified atom stereocenters. The van der Waals surface area contributed by atoms with Gasteiger partial charge in [0.25, 0.3) is 11.8 Å². The van der Waals surface area contributed by atoms with E-state index < -0.39 is 38.0 Å². The third-order valence-corrected chi connectivity index (χ3v) is 8.09. The van der Waals surface area contributed by atoms with Gasteiger partial charge in [0.1, 0.15) is 6.04 Å². The molecule has 2 heterocycles. The van der Waals surface area contributed by atoms with Crippen LogP contribution in [-0.4, -0.2) is 149 Å². The van der Waals surface area contributed by atoms with Crippen LogP contribution in [0.15, 0.2) is 18.2 Å². The fraction of sp³-hybridized carbons (Fsp3) is 0.688. The Hall–Kier alpha value is -2.80. The lowest BCUT2D eigenvalue weighted by Crippen LogP contribution is -2.54. The van der Waals surface area contributed by atoms with Gasteiger partial charge in [-0.05, 0) is 38.2 Å². The number of rotatable bonds is 27. The van der Waals surface area contributed by atoms with Crippen LogP contribution >= 0.6 is 0 Å². The normalized spacial score (nSPS) is 16.5. The zero-order valence-corrected chi connectivity index (χ0v) is 29.4. The lowest BCUT2D eigenvalue weighted by atomic mass is 10.0. The molecule has 1 aromatic carbocycles. The summed E-state index contributed by atoms with van der Waals surface area (Å²) in [6.45, 7) is 14.0. The Morgan fingerprint density at radius 1 is 0.688 bits per heavy atom. The standard InChI is InChI=1S/C32H51N3O12Si/c1-48(2,3)47-24-23-46-22-21-45-20-19-44-18-17-43-16-15-42-14-13-41-12-11-40-10-9-33-26-6-4-5-25-29(26)32(39)35(31(25)38)27-7-8-28(36)34-30(27)37/h4-6,27,33H,7-24H2,1-3H3,(H,34,36,37). The van der Waals surface area contributed by atoms with Crippen LogP contribution in [0.5, 0.6) is 0 Å². The first-order valence-electron chi connectivity index (χ1n) is 16.5. The lowest BCUT2D eigenvalue weighted by molar-refractivity contribution is -0.136. The Kier molecular flexibility index (Phi) is 18.2. The van der Waals surface area contributed by atoms with Crippen molar-refractivity contribution in [1.29, 1.82) is 0 Å². The van der Waals surface area contributed by atoms with Crippen molar-refractivity contribution in [2.45, 2.75) is 38.5 Å². The molecule has 16 heteroatoms. The molecule has 1 atom stereocenters. The van der Waals surface area contributed by atoms with Crippen molar-refractivity contribution in [1.82, 2.24) is 10.2 Å². The molecule has 2 aliphatic rings. The second kappa shape index (κ2) is 22.0. The van der Waals surface area contributed by atoms with Crippen molar-refractivity contribution in [3.63, 3.8) is 0 Å². The van der Waals surface area contributed by atoms with Crippen molar-refractivity contribution in [2.24, 2.45) is 0 Å². The van der Waals surface area contributed by atoms with Crippen LogP contribution in [0.4, 0.5) is 5.69 Å². The third-order valence-electron chi connectivity index (χ3n) is 7.02. The molecule has 4 amide bonds. The SMILES string of the molecule is C[Si](C)(C)OCCOCCOCCOCCOCCOCCOCCOCCNc1cccc2c1C(=O)N(C1CCC(=O)NC1=O)C2=O. The number of carbonyl (C=O) groups excluding carboxylic acids is 4. The van der Waals surface area contributed by atoms with Crippen LogP contribution in [0.1, 0.15) is 33.6 Å². The molecule has 0 aliphatic carbocycles. The number of benzene rings is 1. The van der Waals surface area contributed by atoms with Crippen molar-refractivity contribution in [2.75, 3.05) is 111 Å². The van der Waals surface area contributed by atoms with Gasteiger partial charge in [-0.1, -0.05) is 6.07 Å². The number of piperidine rings is 1. The average Bonchev–Trinajstić information content (AvgIpc) is 3.30. The first-order valence-corrected chi connectivity index (χ1v) is 19.9. The second-order valence-electron chi connectivity index (χ2n) is 11.8. The first-order chi connectivity index (χ1) is 23.2. The topological polar surface area (TPSA) is 169 Å². The molecule has 48 heavy (non-hydrogen) atoms. The minimum atomic E-state index is -1.47. The van der Waals surface area contributed by atoms with Gasteiger partial charge in [-0.2, -0.15) is 0 Å². The molecule has 0 aromatic heterocycles. The van der Waals surface area contributed by atoms with E-state index in [1.54, 1.807) is 18.2 Å². The zero-order valence-electron chi connectivity index (χ0n) is 28.4. The summed E-state index contributed by atoms with van der Waals surface area (Å²) < 4.78 is 44.2. The van der Waals surface area contributed by atoms with E-state index >= 15 is 0 Å². The molecule has 2 aliphatic heterocycles. The van der Waals surface area contributed by atoms with Gasteiger partial charge in [-0.3, -0.25) is 29.4 Å². The van der Waals surface area contributed by atoms with E-state index in [0.717, 1.165) is 4.90 Å². The van der Waals surface area contributed by atoms with Gasteiger partial charge in [0, 0.05) is 18.7 Å². The average molecular weight is 698 g/mol. The maximum absolute atomic E-state index is 13.1. The fourth-order valence-electron chi connectivity index (χ4n) is 4.75. The number of amides is 4. The molecule has 0 saturated carbocycles. The summed E-state index contributed by atoms with van der Waals surface area (Å²) in [6, 6.07) is 3.92. The maximum atomic E-state index is 13.1. The molecule has 15 nitrogen and oxygen atoms in total. The number of nitrogens with one attached hydrogen (secondary N) is 2. The van der Waals surface area contributed by atoms with Gasteiger partial charge in [-0.25, -0.2) is 0 Å². The Morgan fingerprint density at radius 2 is 1.17 bits per heavy atom. The van der Waals surface area contributed by atoms with Crippen LogP contribution in [0.3, 0.4) is 0 Å². The smallest absolute Gasteiger partial charge is 0.264 e. The van der Waals surface area contributed by atoms with Crippen LogP contribution in [0.25, 0.3) is 0 Å². The highest BCUT2D eigenvalue weighted by Gasteiger charge is 2.45. The number of hydrogen-bond donors (Lipinski definition) is 2. The van der Waals surface area contributed by atoms with Crippen LogP contribution in [0, 0.1) is 0 Å². The monoisotopic (exact) mass is 697 g/mol. The van der Waals surface area contributed by atoms with Gasteiger partial charge in [-0.15, -0.1) is 0 Å². The molecular formula is C32H51N3O12Si. The summed E-state index contributed by atoms with van der Waals surface area (Å²) in [5.41, 5.74) is 0.920. The molecule has 0 spiro atoms. The summed E-state index contributed by atoms with van der Waals surface area (Å²) in [5, 5.41) is 5.33. The van der Waals surface area contributed by atoms with E-state index in [9.17, 15) is 19.2 Å². The Balaban J connectivity index is 1.09. The number of hydrogen-bond acceptors (Lipinski definition) is 13. The predicted octanol–water partition coefficient (Wildman–Crippen LogP) is 1.47. The number of anilines is 1. The number of fused-ring (bicyclic) bond motifs is 1. The summed E-state index contributed by atoms with van der Waals surface area (Å²) in [6.07, 6.45) is 0.178. The molecular weight excluding hydrogens is 646 g/mol. The van der Waals surface area contributed by atoms with Crippen molar-refractivity contribution in [3.8, 4) is 0 Å². The third kappa shape index (κ3) is 14.4. The lowest BCUT2D eigenvalue weighted by Gasteiger charge is -2.27. The van der Waals surface area contributed by atoms with Crippen molar-refractivity contribution in [3.05, 3.63) is 29.3 Å². The predicted molar refractivity (Wildman–Crippen MR) is 177 cm³/mol. The van der Waals surface area contributed by atoms with E-state index in [0.29, 0.717) is 111 Å². The van der Waals surface area contributed by atoms with Crippen molar-refractivity contribution < 1.29 is 56.8 Å². The van der Waals surface area contributed by atoms with Crippen LogP contribution < -0.4 is 10.6 Å². The van der Waals surface area contributed by atoms with Crippen LogP contribution in [0.2, 0.25) is 19.6 Å². The number of nitrogens with zero attached hydrogens (tertiary/aromatic N) is 1. The number of ether oxygens (including phenoxy) is 7. The summed E-state index contributed by atoms with van der Waals surface area (Å²) in [4.78, 5) is 50.8. The minimum Gasteiger partial charge on any atom is -0.415 e. The van der Waals surface area contributed by atoms with E-state index in [1.165, 1.54) is 0 Å². The largest absolute Gasteiger partial charge is 0.415 e. The second-order valence-corrected chi connectivity index (χ2v) is 16.4. The highest BCUT2D eigenvalue weighted by atomic mass is 28.4.